The minimum absolute atomic E-state index is 0.0505. The van der Waals surface area contributed by atoms with Crippen molar-refractivity contribution in [2.24, 2.45) is 5.73 Å². The summed E-state index contributed by atoms with van der Waals surface area (Å²) in [5.41, 5.74) is 5.77. The number of hydrogen-bond donors (Lipinski definition) is 1. The van der Waals surface area contributed by atoms with Crippen LogP contribution in [0.15, 0.2) is 0 Å². The van der Waals surface area contributed by atoms with E-state index < -0.39 is 0 Å². The van der Waals surface area contributed by atoms with Gasteiger partial charge in [-0.25, -0.2) is 0 Å². The van der Waals surface area contributed by atoms with Crippen LogP contribution in [0.5, 0.6) is 0 Å². The molecule has 0 aliphatic rings. The molecule has 0 aliphatic heterocycles. The average molecular weight is 236 g/mol. The van der Waals surface area contributed by atoms with Crippen LogP contribution in [0, 0.1) is 0 Å². The number of carbonyl (C=O) groups is 1. The van der Waals surface area contributed by atoms with Gasteiger partial charge in [-0.2, -0.15) is 0 Å². The third-order valence-corrected chi connectivity index (χ3v) is 2.63. The zero-order valence-electron chi connectivity index (χ0n) is 9.51. The van der Waals surface area contributed by atoms with Gasteiger partial charge in [0.1, 0.15) is 0 Å². The van der Waals surface area contributed by atoms with Crippen LogP contribution in [0.1, 0.15) is 44.9 Å². The first-order valence-corrected chi connectivity index (χ1v) is 6.12. The Morgan fingerprint density at radius 1 is 1.27 bits per heavy atom. The van der Waals surface area contributed by atoms with Crippen molar-refractivity contribution in [1.82, 2.24) is 0 Å². The predicted molar refractivity (Wildman–Crippen MR) is 63.0 cm³/mol. The number of ether oxygens (including phenoxy) is 1. The number of alkyl halides is 1. The molecule has 3 nitrogen and oxygen atoms in total. The number of unbranched alkanes of at least 4 members (excludes halogenated alkanes) is 4. The van der Waals surface area contributed by atoms with Crippen LogP contribution in [0.3, 0.4) is 0 Å². The summed E-state index contributed by atoms with van der Waals surface area (Å²) in [5, 5.41) is 0. The highest BCUT2D eigenvalue weighted by molar-refractivity contribution is 6.17. The standard InChI is InChI=1S/C11H22ClNO2/c1-15-11(14)9-10(13)7-5-3-2-4-6-8-12/h10H,2-9,13H2,1H3/t10-/m1/s1. The molecule has 0 aliphatic carbocycles. The lowest BCUT2D eigenvalue weighted by Gasteiger charge is -2.09. The Balaban J connectivity index is 3.23. The Bertz CT molecular complexity index is 165. The van der Waals surface area contributed by atoms with E-state index in [1.165, 1.54) is 26.4 Å². The van der Waals surface area contributed by atoms with Crippen molar-refractivity contribution in [2.45, 2.75) is 51.0 Å². The summed E-state index contributed by atoms with van der Waals surface area (Å²) in [5.74, 6) is 0.534. The summed E-state index contributed by atoms with van der Waals surface area (Å²) in [6, 6.07) is -0.0505. The van der Waals surface area contributed by atoms with Crippen LogP contribution in [0.4, 0.5) is 0 Å². The minimum Gasteiger partial charge on any atom is -0.469 e. The minimum atomic E-state index is -0.218. The fourth-order valence-electron chi connectivity index (χ4n) is 1.43. The first-order chi connectivity index (χ1) is 7.20. The Labute approximate surface area is 97.3 Å². The van der Waals surface area contributed by atoms with Gasteiger partial charge in [-0.1, -0.05) is 25.7 Å². The molecule has 90 valence electrons. The molecule has 0 spiro atoms. The van der Waals surface area contributed by atoms with Gasteiger partial charge in [0.05, 0.1) is 13.5 Å². The Hall–Kier alpha value is -0.280. The quantitative estimate of drug-likeness (QED) is 0.380. The molecule has 0 bridgehead atoms. The Morgan fingerprint density at radius 2 is 1.87 bits per heavy atom. The van der Waals surface area contributed by atoms with Crippen molar-refractivity contribution in [3.63, 3.8) is 0 Å². The number of rotatable bonds is 9. The van der Waals surface area contributed by atoms with Gasteiger partial charge in [-0.3, -0.25) is 4.79 Å². The summed E-state index contributed by atoms with van der Waals surface area (Å²) in [6.07, 6.45) is 6.98. The van der Waals surface area contributed by atoms with Gasteiger partial charge >= 0.3 is 5.97 Å². The van der Waals surface area contributed by atoms with E-state index in [1.807, 2.05) is 0 Å². The molecule has 0 fully saturated rings. The van der Waals surface area contributed by atoms with E-state index in [2.05, 4.69) is 4.74 Å². The third kappa shape index (κ3) is 10.0. The first-order valence-electron chi connectivity index (χ1n) is 5.59. The van der Waals surface area contributed by atoms with Crippen molar-refractivity contribution >= 4 is 17.6 Å². The van der Waals surface area contributed by atoms with Crippen LogP contribution in [0.2, 0.25) is 0 Å². The molecule has 15 heavy (non-hydrogen) atoms. The van der Waals surface area contributed by atoms with Crippen LogP contribution >= 0.6 is 11.6 Å². The van der Waals surface area contributed by atoms with Crippen molar-refractivity contribution in [3.05, 3.63) is 0 Å². The topological polar surface area (TPSA) is 52.3 Å². The molecule has 0 saturated carbocycles. The summed E-state index contributed by atoms with van der Waals surface area (Å²) in [6.45, 7) is 0. The molecule has 0 amide bonds. The van der Waals surface area contributed by atoms with Crippen LogP contribution in [-0.4, -0.2) is 25.0 Å². The first kappa shape index (κ1) is 14.7. The zero-order valence-corrected chi connectivity index (χ0v) is 10.3. The number of halogens is 1. The van der Waals surface area contributed by atoms with Gasteiger partial charge in [0.15, 0.2) is 0 Å². The number of methoxy groups -OCH3 is 1. The molecule has 2 N–H and O–H groups in total. The van der Waals surface area contributed by atoms with Gasteiger partial charge in [-0.05, 0) is 12.8 Å². The second kappa shape index (κ2) is 10.2. The third-order valence-electron chi connectivity index (χ3n) is 2.37. The van der Waals surface area contributed by atoms with E-state index in [0.717, 1.165) is 25.1 Å². The van der Waals surface area contributed by atoms with Gasteiger partial charge in [0.2, 0.25) is 0 Å². The average Bonchev–Trinajstić information content (AvgIpc) is 2.23. The number of hydrogen-bond acceptors (Lipinski definition) is 3. The largest absolute Gasteiger partial charge is 0.469 e. The molecule has 0 aromatic heterocycles. The lowest BCUT2D eigenvalue weighted by Crippen LogP contribution is -2.24. The smallest absolute Gasteiger partial charge is 0.307 e. The second-order valence-electron chi connectivity index (χ2n) is 3.79. The van der Waals surface area contributed by atoms with Crippen molar-refractivity contribution in [3.8, 4) is 0 Å². The van der Waals surface area contributed by atoms with Crippen molar-refractivity contribution in [2.75, 3.05) is 13.0 Å². The Kier molecular flexibility index (Phi) is 10.1. The van der Waals surface area contributed by atoms with E-state index in [4.69, 9.17) is 17.3 Å². The van der Waals surface area contributed by atoms with Gasteiger partial charge in [0.25, 0.3) is 0 Å². The fraction of sp³-hybridized carbons (Fsp3) is 0.909. The number of esters is 1. The molecular weight excluding hydrogens is 214 g/mol. The van der Waals surface area contributed by atoms with Crippen molar-refractivity contribution < 1.29 is 9.53 Å². The number of nitrogens with two attached hydrogens (primary N) is 1. The lowest BCUT2D eigenvalue weighted by atomic mass is 10.0. The second-order valence-corrected chi connectivity index (χ2v) is 4.16. The highest BCUT2D eigenvalue weighted by Crippen LogP contribution is 2.08. The fourth-order valence-corrected chi connectivity index (χ4v) is 1.62. The molecule has 0 rings (SSSR count). The molecule has 1 atom stereocenters. The molecular formula is C11H22ClNO2. The molecule has 0 aromatic rings. The maximum atomic E-state index is 10.9. The normalized spacial score (nSPS) is 12.5. The highest BCUT2D eigenvalue weighted by Gasteiger charge is 2.08. The van der Waals surface area contributed by atoms with E-state index in [9.17, 15) is 4.79 Å². The molecule has 0 saturated heterocycles. The highest BCUT2D eigenvalue weighted by atomic mass is 35.5. The van der Waals surface area contributed by atoms with Gasteiger partial charge in [-0.15, -0.1) is 11.6 Å². The molecule has 0 heterocycles. The maximum absolute atomic E-state index is 10.9. The van der Waals surface area contributed by atoms with Crippen LogP contribution < -0.4 is 5.73 Å². The van der Waals surface area contributed by atoms with E-state index in [1.54, 1.807) is 0 Å². The SMILES string of the molecule is COC(=O)C[C@H](N)CCCCCCCCl. The van der Waals surface area contributed by atoms with Crippen LogP contribution in [-0.2, 0) is 9.53 Å². The molecule has 0 unspecified atom stereocenters. The Morgan fingerprint density at radius 3 is 2.47 bits per heavy atom. The predicted octanol–water partition coefficient (Wildman–Crippen LogP) is 2.46. The maximum Gasteiger partial charge on any atom is 0.307 e. The molecule has 0 radical (unpaired) electrons. The van der Waals surface area contributed by atoms with E-state index in [-0.39, 0.29) is 12.0 Å². The molecule has 0 aromatic carbocycles. The lowest BCUT2D eigenvalue weighted by molar-refractivity contribution is -0.141. The summed E-state index contributed by atoms with van der Waals surface area (Å²) in [4.78, 5) is 10.9. The van der Waals surface area contributed by atoms with Gasteiger partial charge < -0.3 is 10.5 Å². The van der Waals surface area contributed by atoms with Crippen molar-refractivity contribution in [1.29, 1.82) is 0 Å². The monoisotopic (exact) mass is 235 g/mol. The van der Waals surface area contributed by atoms with E-state index >= 15 is 0 Å². The van der Waals surface area contributed by atoms with Crippen LogP contribution in [0.25, 0.3) is 0 Å². The summed E-state index contributed by atoms with van der Waals surface area (Å²) >= 11 is 5.57. The van der Waals surface area contributed by atoms with E-state index in [0.29, 0.717) is 6.42 Å². The summed E-state index contributed by atoms with van der Waals surface area (Å²) in [7, 11) is 1.39. The zero-order chi connectivity index (χ0) is 11.5. The molecule has 4 heteroatoms. The number of carbonyl (C=O) groups excluding carboxylic acids is 1. The van der Waals surface area contributed by atoms with Gasteiger partial charge in [0, 0.05) is 11.9 Å². The summed E-state index contributed by atoms with van der Waals surface area (Å²) < 4.78 is 4.55.